The van der Waals surface area contributed by atoms with Gasteiger partial charge in [0.2, 0.25) is 0 Å². The van der Waals surface area contributed by atoms with E-state index in [2.05, 4.69) is 95.3 Å². The molecule has 40 heavy (non-hydrogen) atoms. The molecule has 3 aromatic heterocycles. The second kappa shape index (κ2) is 11.2. The first-order valence-electron chi connectivity index (χ1n) is 14.7. The summed E-state index contributed by atoms with van der Waals surface area (Å²) in [5, 5.41) is 0. The van der Waals surface area contributed by atoms with Crippen molar-refractivity contribution in [2.24, 2.45) is 7.05 Å². The second-order valence-electron chi connectivity index (χ2n) is 11.8. The minimum atomic E-state index is 0.595. The Morgan fingerprint density at radius 3 is 1.60 bits per heavy atom. The predicted octanol–water partition coefficient (Wildman–Crippen LogP) is 4.76. The minimum Gasteiger partial charge on any atom is -0.354 e. The van der Waals surface area contributed by atoms with E-state index in [-0.39, 0.29) is 0 Å². The third-order valence-corrected chi connectivity index (χ3v) is 8.71. The third-order valence-electron chi connectivity index (χ3n) is 8.71. The topological polar surface area (TPSA) is 56.6 Å². The molecule has 6 rings (SSSR count). The summed E-state index contributed by atoms with van der Waals surface area (Å²) < 4.78 is 2.09. The van der Waals surface area contributed by atoms with Crippen LogP contribution in [0.4, 0.5) is 11.6 Å². The Kier molecular flexibility index (Phi) is 7.47. The van der Waals surface area contributed by atoms with Crippen molar-refractivity contribution in [2.45, 2.75) is 39.8 Å². The molecule has 0 saturated carbocycles. The lowest BCUT2D eigenvalue weighted by Crippen LogP contribution is -2.49. The van der Waals surface area contributed by atoms with E-state index in [1.54, 1.807) is 0 Å². The van der Waals surface area contributed by atoms with Crippen molar-refractivity contribution in [2.75, 3.05) is 62.2 Å². The average Bonchev–Trinajstić information content (AvgIpc) is 3.37. The van der Waals surface area contributed by atoms with E-state index in [0.717, 1.165) is 97.3 Å². The van der Waals surface area contributed by atoms with E-state index >= 15 is 0 Å². The van der Waals surface area contributed by atoms with Gasteiger partial charge in [0.1, 0.15) is 11.6 Å². The molecule has 2 saturated heterocycles. The number of hydrogen-bond donors (Lipinski definition) is 0. The van der Waals surface area contributed by atoms with Gasteiger partial charge >= 0.3 is 0 Å². The van der Waals surface area contributed by atoms with Crippen molar-refractivity contribution < 1.29 is 0 Å². The molecule has 2 fully saturated rings. The maximum absolute atomic E-state index is 4.90. The molecule has 0 radical (unpaired) electrons. The fourth-order valence-electron chi connectivity index (χ4n) is 6.03. The summed E-state index contributed by atoms with van der Waals surface area (Å²) in [6, 6.07) is 14.4. The normalized spacial score (nSPS) is 17.5. The molecule has 8 heteroatoms. The number of benzene rings is 1. The SMILES string of the molecule is CC(C)N1CCN(c2ccc(-c3cc(-c4ccc(N5CCN(C(C)C)CC5)nc4)c4ncn(C)c4c3)cn2)CC1. The summed E-state index contributed by atoms with van der Waals surface area (Å²) in [6.07, 6.45) is 5.92. The van der Waals surface area contributed by atoms with Crippen LogP contribution >= 0.6 is 0 Å². The standard InChI is InChI=1S/C32H42N8/c1-23(2)37-10-14-39(15-11-37)30-8-6-25(20-33-30)27-18-28(32-29(19-27)36(5)22-35-32)26-7-9-31(34-21-26)40-16-12-38(13-17-40)24(3)4/h6-9,18-24H,10-17H2,1-5H3. The maximum Gasteiger partial charge on any atom is 0.128 e. The van der Waals surface area contributed by atoms with Crippen molar-refractivity contribution in [1.29, 1.82) is 0 Å². The number of nitrogens with zero attached hydrogens (tertiary/aromatic N) is 8. The molecular weight excluding hydrogens is 496 g/mol. The quantitative estimate of drug-likeness (QED) is 0.351. The van der Waals surface area contributed by atoms with Gasteiger partial charge in [0.05, 0.1) is 17.4 Å². The number of aromatic nitrogens is 4. The number of hydrogen-bond acceptors (Lipinski definition) is 7. The summed E-state index contributed by atoms with van der Waals surface area (Å²) in [7, 11) is 2.05. The Labute approximate surface area is 238 Å². The Hall–Kier alpha value is -3.49. The van der Waals surface area contributed by atoms with Gasteiger partial charge in [-0.1, -0.05) is 0 Å². The van der Waals surface area contributed by atoms with Gasteiger partial charge in [0.15, 0.2) is 0 Å². The molecular formula is C32H42N8. The van der Waals surface area contributed by atoms with Crippen LogP contribution < -0.4 is 9.80 Å². The van der Waals surface area contributed by atoms with Crippen molar-refractivity contribution in [3.8, 4) is 22.3 Å². The molecule has 0 aliphatic carbocycles. The van der Waals surface area contributed by atoms with Crippen LogP contribution in [0, 0.1) is 0 Å². The van der Waals surface area contributed by atoms with Crippen LogP contribution in [0.1, 0.15) is 27.7 Å². The van der Waals surface area contributed by atoms with Crippen LogP contribution in [0.2, 0.25) is 0 Å². The summed E-state index contributed by atoms with van der Waals surface area (Å²) in [5.41, 5.74) is 6.55. The summed E-state index contributed by atoms with van der Waals surface area (Å²) in [6.45, 7) is 17.5. The predicted molar refractivity (Wildman–Crippen MR) is 165 cm³/mol. The zero-order valence-corrected chi connectivity index (χ0v) is 24.6. The fourth-order valence-corrected chi connectivity index (χ4v) is 6.03. The summed E-state index contributed by atoms with van der Waals surface area (Å²) in [4.78, 5) is 24.4. The number of piperazine rings is 2. The molecule has 0 spiro atoms. The van der Waals surface area contributed by atoms with Crippen LogP contribution in [0.5, 0.6) is 0 Å². The van der Waals surface area contributed by atoms with Gasteiger partial charge in [-0.15, -0.1) is 0 Å². The molecule has 5 heterocycles. The number of imidazole rings is 1. The van der Waals surface area contributed by atoms with Crippen molar-refractivity contribution in [3.05, 3.63) is 55.1 Å². The molecule has 1 aromatic carbocycles. The summed E-state index contributed by atoms with van der Waals surface area (Å²) in [5.74, 6) is 2.11. The van der Waals surface area contributed by atoms with E-state index in [1.807, 2.05) is 18.7 Å². The lowest BCUT2D eigenvalue weighted by Gasteiger charge is -2.37. The molecule has 0 atom stereocenters. The minimum absolute atomic E-state index is 0.595. The van der Waals surface area contributed by atoms with Gasteiger partial charge < -0.3 is 14.4 Å². The third kappa shape index (κ3) is 5.30. The van der Waals surface area contributed by atoms with Crippen LogP contribution in [0.25, 0.3) is 33.3 Å². The largest absolute Gasteiger partial charge is 0.354 e. The van der Waals surface area contributed by atoms with Crippen molar-refractivity contribution >= 4 is 22.7 Å². The highest BCUT2D eigenvalue weighted by Crippen LogP contribution is 2.34. The Balaban J connectivity index is 1.24. The molecule has 0 amide bonds. The van der Waals surface area contributed by atoms with Gasteiger partial charge in [0.25, 0.3) is 0 Å². The average molecular weight is 539 g/mol. The number of pyridine rings is 2. The molecule has 8 nitrogen and oxygen atoms in total. The smallest absolute Gasteiger partial charge is 0.128 e. The van der Waals surface area contributed by atoms with E-state index < -0.39 is 0 Å². The number of anilines is 2. The second-order valence-corrected chi connectivity index (χ2v) is 11.8. The van der Waals surface area contributed by atoms with Crippen LogP contribution in [-0.2, 0) is 7.05 Å². The summed E-state index contributed by atoms with van der Waals surface area (Å²) >= 11 is 0. The Bertz CT molecular complexity index is 1420. The van der Waals surface area contributed by atoms with Gasteiger partial charge in [0, 0.05) is 101 Å². The molecule has 0 N–H and O–H groups in total. The lowest BCUT2D eigenvalue weighted by atomic mass is 9.99. The molecule has 2 aliphatic rings. The molecule has 210 valence electrons. The zero-order chi connectivity index (χ0) is 27.8. The van der Waals surface area contributed by atoms with Gasteiger partial charge in [-0.2, -0.15) is 0 Å². The highest BCUT2D eigenvalue weighted by atomic mass is 15.3. The zero-order valence-electron chi connectivity index (χ0n) is 24.6. The van der Waals surface area contributed by atoms with Gasteiger partial charge in [-0.05, 0) is 69.7 Å². The molecule has 2 aliphatic heterocycles. The first kappa shape index (κ1) is 26.7. The molecule has 0 bridgehead atoms. The highest BCUT2D eigenvalue weighted by Gasteiger charge is 2.21. The van der Waals surface area contributed by atoms with Gasteiger partial charge in [-0.3, -0.25) is 9.80 Å². The van der Waals surface area contributed by atoms with E-state index in [1.165, 1.54) is 0 Å². The van der Waals surface area contributed by atoms with Crippen molar-refractivity contribution in [3.63, 3.8) is 0 Å². The first-order chi connectivity index (χ1) is 19.4. The fraction of sp³-hybridized carbons (Fsp3) is 0.469. The first-order valence-corrected chi connectivity index (χ1v) is 14.7. The highest BCUT2D eigenvalue weighted by molar-refractivity contribution is 5.96. The number of rotatable bonds is 6. The Morgan fingerprint density at radius 1 is 0.600 bits per heavy atom. The van der Waals surface area contributed by atoms with E-state index in [9.17, 15) is 0 Å². The lowest BCUT2D eigenvalue weighted by molar-refractivity contribution is 0.209. The maximum atomic E-state index is 4.90. The van der Waals surface area contributed by atoms with Crippen LogP contribution in [-0.4, -0.2) is 93.8 Å². The van der Waals surface area contributed by atoms with Crippen molar-refractivity contribution in [1.82, 2.24) is 29.3 Å². The van der Waals surface area contributed by atoms with E-state index in [0.29, 0.717) is 12.1 Å². The monoisotopic (exact) mass is 538 g/mol. The van der Waals surface area contributed by atoms with Gasteiger partial charge in [-0.25, -0.2) is 15.0 Å². The van der Waals surface area contributed by atoms with E-state index in [4.69, 9.17) is 15.0 Å². The Morgan fingerprint density at radius 2 is 1.12 bits per heavy atom. The number of fused-ring (bicyclic) bond motifs is 1. The van der Waals surface area contributed by atoms with Crippen LogP contribution in [0.3, 0.4) is 0 Å². The number of aryl methyl sites for hydroxylation is 1. The molecule has 0 unspecified atom stereocenters. The molecule has 4 aromatic rings. The van der Waals surface area contributed by atoms with Crippen LogP contribution in [0.15, 0.2) is 55.1 Å².